The molecule has 112 valence electrons. The lowest BCUT2D eigenvalue weighted by Crippen LogP contribution is -2.20. The maximum atomic E-state index is 14.1. The van der Waals surface area contributed by atoms with Crippen LogP contribution in [0.3, 0.4) is 0 Å². The number of nitrogens with two attached hydrogens (primary N) is 1. The third-order valence-electron chi connectivity index (χ3n) is 3.45. The predicted octanol–water partition coefficient (Wildman–Crippen LogP) is 3.96. The van der Waals surface area contributed by atoms with Gasteiger partial charge < -0.3 is 10.6 Å². The Morgan fingerprint density at radius 3 is 2.52 bits per heavy atom. The maximum absolute atomic E-state index is 14.1. The summed E-state index contributed by atoms with van der Waals surface area (Å²) in [7, 11) is 0. The van der Waals surface area contributed by atoms with E-state index in [0.29, 0.717) is 24.7 Å². The number of rotatable bonds is 5. The number of hydrogen-bond donors (Lipinski definition) is 1. The first kappa shape index (κ1) is 15.4. The lowest BCUT2D eigenvalue weighted by Gasteiger charge is -2.24. The lowest BCUT2D eigenvalue weighted by atomic mass is 10.1. The molecule has 0 fully saturated rings. The minimum absolute atomic E-state index is 0.245. The molecule has 0 unspecified atom stereocenters. The first-order valence-corrected chi connectivity index (χ1v) is 7.29. The van der Waals surface area contributed by atoms with E-state index in [4.69, 9.17) is 5.73 Å². The van der Waals surface area contributed by atoms with Crippen LogP contribution in [0.5, 0.6) is 0 Å². The Bertz CT molecular complexity index is 611. The highest BCUT2D eigenvalue weighted by atomic mass is 19.1. The zero-order chi connectivity index (χ0) is 15.4. The molecule has 0 aliphatic heterocycles. The summed E-state index contributed by atoms with van der Waals surface area (Å²) in [4.78, 5) is 6.55. The van der Waals surface area contributed by atoms with Crippen molar-refractivity contribution in [3.8, 4) is 0 Å². The fourth-order valence-electron chi connectivity index (χ4n) is 2.27. The first-order valence-electron chi connectivity index (χ1n) is 7.29. The predicted molar refractivity (Wildman–Crippen MR) is 85.3 cm³/mol. The molecule has 0 amide bonds. The molecule has 4 heteroatoms. The van der Waals surface area contributed by atoms with E-state index in [1.807, 2.05) is 30.0 Å². The van der Waals surface area contributed by atoms with Crippen LogP contribution in [-0.4, -0.2) is 11.5 Å². The van der Waals surface area contributed by atoms with Crippen molar-refractivity contribution in [3.05, 3.63) is 53.5 Å². The molecule has 2 rings (SSSR count). The third-order valence-corrected chi connectivity index (χ3v) is 3.45. The number of nitrogens with zero attached hydrogens (tertiary/aromatic N) is 2. The topological polar surface area (TPSA) is 42.1 Å². The molecule has 1 aromatic carbocycles. The van der Waals surface area contributed by atoms with Gasteiger partial charge in [-0.3, -0.25) is 0 Å². The van der Waals surface area contributed by atoms with Gasteiger partial charge in [0.05, 0.1) is 5.69 Å². The number of hydrogen-bond acceptors (Lipinski definition) is 3. The van der Waals surface area contributed by atoms with Gasteiger partial charge in [0, 0.05) is 18.8 Å². The molecule has 0 aliphatic carbocycles. The summed E-state index contributed by atoms with van der Waals surface area (Å²) >= 11 is 0. The Labute approximate surface area is 125 Å². The molecule has 1 heterocycles. The van der Waals surface area contributed by atoms with E-state index in [2.05, 4.69) is 18.8 Å². The van der Waals surface area contributed by atoms with Gasteiger partial charge in [0.1, 0.15) is 11.6 Å². The summed E-state index contributed by atoms with van der Waals surface area (Å²) < 4.78 is 14.1. The molecule has 0 aliphatic rings. The quantitative estimate of drug-likeness (QED) is 0.905. The van der Waals surface area contributed by atoms with Gasteiger partial charge in [0.15, 0.2) is 0 Å². The van der Waals surface area contributed by atoms with Crippen molar-refractivity contribution in [3.63, 3.8) is 0 Å². The fraction of sp³-hybridized carbons (Fsp3) is 0.353. The number of pyridine rings is 1. The van der Waals surface area contributed by atoms with E-state index in [9.17, 15) is 4.39 Å². The molecule has 3 nitrogen and oxygen atoms in total. The molecule has 2 aromatic rings. The van der Waals surface area contributed by atoms with Crippen LogP contribution in [0.4, 0.5) is 15.9 Å². The number of halogens is 1. The Morgan fingerprint density at radius 2 is 1.95 bits per heavy atom. The van der Waals surface area contributed by atoms with Crippen molar-refractivity contribution in [1.82, 2.24) is 4.98 Å². The summed E-state index contributed by atoms with van der Waals surface area (Å²) in [5.74, 6) is 0.800. The van der Waals surface area contributed by atoms with Gasteiger partial charge in [-0.05, 0) is 42.7 Å². The molecule has 2 N–H and O–H groups in total. The maximum Gasteiger partial charge on any atom is 0.146 e. The minimum Gasteiger partial charge on any atom is -0.326 e. The second kappa shape index (κ2) is 6.68. The molecule has 0 saturated heterocycles. The average Bonchev–Trinajstić information content (AvgIpc) is 2.49. The van der Waals surface area contributed by atoms with Gasteiger partial charge >= 0.3 is 0 Å². The molecule has 21 heavy (non-hydrogen) atoms. The molecule has 0 saturated carbocycles. The second-order valence-electron chi connectivity index (χ2n) is 5.31. The smallest absolute Gasteiger partial charge is 0.146 e. The number of para-hydroxylation sites is 1. The third kappa shape index (κ3) is 3.39. The van der Waals surface area contributed by atoms with Crippen molar-refractivity contribution in [1.29, 1.82) is 0 Å². The lowest BCUT2D eigenvalue weighted by molar-refractivity contribution is 0.625. The fourth-order valence-corrected chi connectivity index (χ4v) is 2.27. The monoisotopic (exact) mass is 287 g/mol. The van der Waals surface area contributed by atoms with Crippen LogP contribution in [0.25, 0.3) is 0 Å². The van der Waals surface area contributed by atoms with E-state index in [0.717, 1.165) is 17.1 Å². The number of aromatic nitrogens is 1. The molecule has 0 spiro atoms. The Balaban J connectivity index is 2.52. The molecule has 0 atom stereocenters. The zero-order valence-electron chi connectivity index (χ0n) is 12.8. The summed E-state index contributed by atoms with van der Waals surface area (Å²) in [6.45, 7) is 7.25. The average molecular weight is 287 g/mol. The highest BCUT2D eigenvalue weighted by Gasteiger charge is 2.15. The molecule has 0 radical (unpaired) electrons. The second-order valence-corrected chi connectivity index (χ2v) is 5.31. The van der Waals surface area contributed by atoms with Crippen LogP contribution in [0.2, 0.25) is 0 Å². The highest BCUT2D eigenvalue weighted by Crippen LogP contribution is 2.28. The molecule has 0 bridgehead atoms. The van der Waals surface area contributed by atoms with E-state index in [1.54, 1.807) is 12.1 Å². The van der Waals surface area contributed by atoms with Gasteiger partial charge in [-0.1, -0.05) is 26.0 Å². The van der Waals surface area contributed by atoms with E-state index >= 15 is 0 Å². The van der Waals surface area contributed by atoms with E-state index < -0.39 is 0 Å². The Hall–Kier alpha value is -1.94. The normalized spacial score (nSPS) is 11.0. The standard InChI is InChI=1S/C17H22FN3/c1-4-21(16-8-6-5-7-14(16)18)17-10-13(11-19)9-15(20-17)12(2)3/h5-10,12H,4,11,19H2,1-3H3. The van der Waals surface area contributed by atoms with Crippen molar-refractivity contribution in [2.75, 3.05) is 11.4 Å². The zero-order valence-corrected chi connectivity index (χ0v) is 12.8. The van der Waals surface area contributed by atoms with E-state index in [1.165, 1.54) is 6.07 Å². The van der Waals surface area contributed by atoms with Crippen molar-refractivity contribution in [2.24, 2.45) is 5.73 Å². The van der Waals surface area contributed by atoms with Crippen molar-refractivity contribution in [2.45, 2.75) is 33.2 Å². The Morgan fingerprint density at radius 1 is 1.24 bits per heavy atom. The van der Waals surface area contributed by atoms with Crippen molar-refractivity contribution >= 4 is 11.5 Å². The van der Waals surface area contributed by atoms with Crippen LogP contribution in [0.15, 0.2) is 36.4 Å². The number of benzene rings is 1. The summed E-state index contributed by atoms with van der Waals surface area (Å²) in [6, 6.07) is 10.7. The van der Waals surface area contributed by atoms with Gasteiger partial charge in [-0.2, -0.15) is 0 Å². The van der Waals surface area contributed by atoms with Gasteiger partial charge in [-0.25, -0.2) is 9.37 Å². The van der Waals surface area contributed by atoms with Crippen LogP contribution in [0, 0.1) is 5.82 Å². The van der Waals surface area contributed by atoms with Crippen molar-refractivity contribution < 1.29 is 4.39 Å². The van der Waals surface area contributed by atoms with Gasteiger partial charge in [0.2, 0.25) is 0 Å². The van der Waals surface area contributed by atoms with Crippen LogP contribution < -0.4 is 10.6 Å². The molecular weight excluding hydrogens is 265 g/mol. The van der Waals surface area contributed by atoms with E-state index in [-0.39, 0.29) is 5.82 Å². The summed E-state index contributed by atoms with van der Waals surface area (Å²) in [5.41, 5.74) is 8.30. The van der Waals surface area contributed by atoms with Gasteiger partial charge in [0.25, 0.3) is 0 Å². The largest absolute Gasteiger partial charge is 0.326 e. The minimum atomic E-state index is -0.245. The summed E-state index contributed by atoms with van der Waals surface area (Å²) in [6.07, 6.45) is 0. The van der Waals surface area contributed by atoms with Gasteiger partial charge in [-0.15, -0.1) is 0 Å². The van der Waals surface area contributed by atoms with Crippen LogP contribution in [-0.2, 0) is 6.54 Å². The highest BCUT2D eigenvalue weighted by molar-refractivity contribution is 5.61. The molecular formula is C17H22FN3. The Kier molecular flexibility index (Phi) is 4.91. The summed E-state index contributed by atoms with van der Waals surface area (Å²) in [5, 5.41) is 0. The first-order chi connectivity index (χ1) is 10.1. The number of anilines is 2. The van der Waals surface area contributed by atoms with Crippen LogP contribution >= 0.6 is 0 Å². The van der Waals surface area contributed by atoms with Crippen LogP contribution in [0.1, 0.15) is 37.9 Å². The SMILES string of the molecule is CCN(c1cc(CN)cc(C(C)C)n1)c1ccccc1F. The molecule has 1 aromatic heterocycles.